The van der Waals surface area contributed by atoms with E-state index in [1.807, 2.05) is 6.92 Å². The molecule has 152 valence electrons. The molecule has 0 aliphatic heterocycles. The number of nitrogens with zero attached hydrogens (tertiary/aromatic N) is 1. The van der Waals surface area contributed by atoms with Gasteiger partial charge >= 0.3 is 6.18 Å². The minimum atomic E-state index is -4.45. The van der Waals surface area contributed by atoms with Crippen LogP contribution >= 0.6 is 0 Å². The number of aromatic nitrogens is 1. The standard InChI is InChI=1S/C19H23F3N4O2/c1-4-12-13-6-5-7-14(19(20,21)22)18(13)26-15(12)8-9-16(27)25-10-17(24-3)28-11(2)23/h5-7,26H,2,4,8-10,23H2,1,3H3,(H,25,27). The number of ether oxygens (including phenoxy) is 1. The molecule has 9 heteroatoms. The second kappa shape index (κ2) is 8.81. The first-order valence-corrected chi connectivity index (χ1v) is 8.71. The number of alkyl halides is 3. The van der Waals surface area contributed by atoms with Gasteiger partial charge in [-0.15, -0.1) is 0 Å². The molecule has 6 nitrogen and oxygen atoms in total. The summed E-state index contributed by atoms with van der Waals surface area (Å²) in [5.74, 6) is -0.124. The second-order valence-corrected chi connectivity index (χ2v) is 6.12. The summed E-state index contributed by atoms with van der Waals surface area (Å²) in [5.41, 5.74) is 6.08. The van der Waals surface area contributed by atoms with Gasteiger partial charge in [0.25, 0.3) is 0 Å². The van der Waals surface area contributed by atoms with Gasteiger partial charge in [0.15, 0.2) is 5.88 Å². The minimum absolute atomic E-state index is 0.0388. The lowest BCUT2D eigenvalue weighted by molar-refractivity contribution is -0.136. The number of aliphatic imine (C=N–C) groups is 1. The van der Waals surface area contributed by atoms with Crippen LogP contribution in [0.3, 0.4) is 0 Å². The van der Waals surface area contributed by atoms with Crippen LogP contribution < -0.4 is 11.1 Å². The number of hydrogen-bond donors (Lipinski definition) is 3. The number of aromatic amines is 1. The molecule has 0 aliphatic rings. The summed E-state index contributed by atoms with van der Waals surface area (Å²) in [6.45, 7) is 5.30. The predicted octanol–water partition coefficient (Wildman–Crippen LogP) is 3.27. The summed E-state index contributed by atoms with van der Waals surface area (Å²) in [6.07, 6.45) is -3.52. The van der Waals surface area contributed by atoms with Crippen LogP contribution in [0.1, 0.15) is 30.2 Å². The van der Waals surface area contributed by atoms with E-state index in [1.165, 1.54) is 13.1 Å². The Hall–Kier alpha value is -2.97. The van der Waals surface area contributed by atoms with Gasteiger partial charge in [-0.1, -0.05) is 19.1 Å². The maximum absolute atomic E-state index is 13.3. The molecule has 0 saturated carbocycles. The van der Waals surface area contributed by atoms with E-state index in [0.29, 0.717) is 17.5 Å². The maximum Gasteiger partial charge on any atom is 0.418 e. The number of hydrogen-bond acceptors (Lipinski definition) is 4. The number of rotatable bonds is 7. The summed E-state index contributed by atoms with van der Waals surface area (Å²) >= 11 is 0. The van der Waals surface area contributed by atoms with Crippen molar-refractivity contribution in [3.05, 3.63) is 47.5 Å². The molecule has 4 N–H and O–H groups in total. The van der Waals surface area contributed by atoms with Crippen molar-refractivity contribution in [1.82, 2.24) is 10.3 Å². The third kappa shape index (κ3) is 5.05. The van der Waals surface area contributed by atoms with Gasteiger partial charge in [0, 0.05) is 24.5 Å². The molecule has 0 radical (unpaired) electrons. The Bertz CT molecular complexity index is 900. The monoisotopic (exact) mass is 396 g/mol. The Kier molecular flexibility index (Phi) is 6.71. The van der Waals surface area contributed by atoms with E-state index in [2.05, 4.69) is 21.9 Å². The van der Waals surface area contributed by atoms with Crippen LogP contribution in [0.5, 0.6) is 0 Å². The molecule has 1 heterocycles. The van der Waals surface area contributed by atoms with Gasteiger partial charge in [-0.2, -0.15) is 13.2 Å². The molecule has 2 rings (SSSR count). The number of nitrogens with one attached hydrogen (secondary N) is 2. The molecule has 28 heavy (non-hydrogen) atoms. The lowest BCUT2D eigenvalue weighted by atomic mass is 10.0. The molecule has 0 bridgehead atoms. The van der Waals surface area contributed by atoms with Gasteiger partial charge in [-0.25, -0.2) is 0 Å². The highest BCUT2D eigenvalue weighted by Gasteiger charge is 2.33. The molecular formula is C19H23F3N4O2. The van der Waals surface area contributed by atoms with Gasteiger partial charge in [-0.3, -0.25) is 9.79 Å². The summed E-state index contributed by atoms with van der Waals surface area (Å²) in [6, 6.07) is 4.10. The first-order chi connectivity index (χ1) is 13.2. The maximum atomic E-state index is 13.3. The number of para-hydroxylation sites is 1. The lowest BCUT2D eigenvalue weighted by Gasteiger charge is -2.09. The van der Waals surface area contributed by atoms with E-state index >= 15 is 0 Å². The normalized spacial score (nSPS) is 12.2. The van der Waals surface area contributed by atoms with Crippen LogP contribution in [0.4, 0.5) is 13.2 Å². The van der Waals surface area contributed by atoms with E-state index < -0.39 is 11.7 Å². The summed E-state index contributed by atoms with van der Waals surface area (Å²) in [7, 11) is 1.49. The lowest BCUT2D eigenvalue weighted by Crippen LogP contribution is -2.31. The van der Waals surface area contributed by atoms with E-state index in [1.54, 1.807) is 6.07 Å². The van der Waals surface area contributed by atoms with Gasteiger partial charge in [0.1, 0.15) is 0 Å². The first kappa shape index (κ1) is 21.3. The third-order valence-corrected chi connectivity index (χ3v) is 4.23. The third-order valence-electron chi connectivity index (χ3n) is 4.23. The Morgan fingerprint density at radius 2 is 2.11 bits per heavy atom. The quantitative estimate of drug-likeness (QED) is 0.381. The van der Waals surface area contributed by atoms with Crippen molar-refractivity contribution in [2.45, 2.75) is 32.4 Å². The van der Waals surface area contributed by atoms with Crippen molar-refractivity contribution in [3.8, 4) is 0 Å². The largest absolute Gasteiger partial charge is 0.426 e. The van der Waals surface area contributed by atoms with Crippen LogP contribution in [0.15, 0.2) is 35.7 Å². The summed E-state index contributed by atoms with van der Waals surface area (Å²) in [5, 5.41) is 3.16. The SMILES string of the molecule is C=C(N)OC(CNC(=O)CCc1[nH]c2c(C(F)(F)F)cccc2c1CC)=NC. The number of amides is 1. The van der Waals surface area contributed by atoms with Crippen molar-refractivity contribution >= 4 is 22.7 Å². The highest BCUT2D eigenvalue weighted by atomic mass is 19.4. The van der Waals surface area contributed by atoms with Crippen molar-refractivity contribution in [3.63, 3.8) is 0 Å². The Labute approximate surface area is 160 Å². The predicted molar refractivity (Wildman–Crippen MR) is 102 cm³/mol. The van der Waals surface area contributed by atoms with Crippen molar-refractivity contribution in [2.75, 3.05) is 13.6 Å². The number of fused-ring (bicyclic) bond motifs is 1. The van der Waals surface area contributed by atoms with Crippen LogP contribution in [-0.4, -0.2) is 30.4 Å². The fraction of sp³-hybridized carbons (Fsp3) is 0.368. The highest BCUT2D eigenvalue weighted by molar-refractivity contribution is 5.88. The van der Waals surface area contributed by atoms with Crippen molar-refractivity contribution in [2.24, 2.45) is 10.7 Å². The van der Waals surface area contributed by atoms with Crippen molar-refractivity contribution < 1.29 is 22.7 Å². The van der Waals surface area contributed by atoms with Crippen LogP contribution in [0.2, 0.25) is 0 Å². The summed E-state index contributed by atoms with van der Waals surface area (Å²) in [4.78, 5) is 18.8. The Balaban J connectivity index is 2.12. The molecular weight excluding hydrogens is 373 g/mol. The molecule has 0 aliphatic carbocycles. The fourth-order valence-electron chi connectivity index (χ4n) is 2.99. The highest BCUT2D eigenvalue weighted by Crippen LogP contribution is 2.36. The van der Waals surface area contributed by atoms with Crippen LogP contribution in [0.25, 0.3) is 10.9 Å². The van der Waals surface area contributed by atoms with Crippen molar-refractivity contribution in [1.29, 1.82) is 0 Å². The molecule has 0 unspecified atom stereocenters. The Morgan fingerprint density at radius 3 is 2.68 bits per heavy atom. The van der Waals surface area contributed by atoms with Gasteiger partial charge < -0.3 is 20.8 Å². The molecule has 0 spiro atoms. The fourth-order valence-corrected chi connectivity index (χ4v) is 2.99. The summed E-state index contributed by atoms with van der Waals surface area (Å²) < 4.78 is 44.8. The topological polar surface area (TPSA) is 92.5 Å². The van der Waals surface area contributed by atoms with E-state index in [0.717, 1.165) is 11.6 Å². The Morgan fingerprint density at radius 1 is 1.39 bits per heavy atom. The van der Waals surface area contributed by atoms with E-state index in [4.69, 9.17) is 10.5 Å². The minimum Gasteiger partial charge on any atom is -0.426 e. The van der Waals surface area contributed by atoms with Gasteiger partial charge in [0.05, 0.1) is 17.6 Å². The first-order valence-electron chi connectivity index (χ1n) is 8.71. The zero-order valence-corrected chi connectivity index (χ0v) is 15.7. The number of aryl methyl sites for hydroxylation is 2. The number of carbonyl (C=O) groups is 1. The average molecular weight is 396 g/mol. The van der Waals surface area contributed by atoms with Gasteiger partial charge in [-0.05, 0) is 31.1 Å². The smallest absolute Gasteiger partial charge is 0.418 e. The van der Waals surface area contributed by atoms with Gasteiger partial charge in [0.2, 0.25) is 11.8 Å². The molecule has 1 aromatic heterocycles. The van der Waals surface area contributed by atoms with E-state index in [-0.39, 0.29) is 42.6 Å². The van der Waals surface area contributed by atoms with Crippen LogP contribution in [-0.2, 0) is 28.5 Å². The average Bonchev–Trinajstić information content (AvgIpc) is 2.99. The van der Waals surface area contributed by atoms with E-state index in [9.17, 15) is 18.0 Å². The molecule has 0 atom stereocenters. The number of H-pyrrole nitrogens is 1. The second-order valence-electron chi connectivity index (χ2n) is 6.12. The number of halogens is 3. The zero-order valence-electron chi connectivity index (χ0n) is 15.7. The number of carbonyl (C=O) groups excluding carboxylic acids is 1. The molecule has 0 fully saturated rings. The number of benzene rings is 1. The molecule has 0 saturated heterocycles. The zero-order chi connectivity index (χ0) is 20.9. The molecule has 1 aromatic carbocycles. The molecule has 2 aromatic rings. The number of nitrogens with two attached hydrogens (primary N) is 1. The molecule has 1 amide bonds. The van der Waals surface area contributed by atoms with Crippen LogP contribution in [0, 0.1) is 0 Å².